The van der Waals surface area contributed by atoms with Gasteiger partial charge in [0.2, 0.25) is 5.89 Å². The van der Waals surface area contributed by atoms with E-state index in [4.69, 9.17) is 4.42 Å². The van der Waals surface area contributed by atoms with Gasteiger partial charge in [0.05, 0.1) is 6.54 Å². The molecule has 1 aromatic carbocycles. The number of aromatic nitrogens is 1. The topological polar surface area (TPSA) is 65.7 Å². The molecule has 7 heteroatoms. The minimum absolute atomic E-state index is 0. The van der Waals surface area contributed by atoms with Gasteiger partial charge in [0.15, 0.2) is 5.96 Å². The van der Waals surface area contributed by atoms with Crippen LogP contribution in [0, 0.1) is 12.8 Å². The zero-order valence-corrected chi connectivity index (χ0v) is 20.4. The summed E-state index contributed by atoms with van der Waals surface area (Å²) in [5, 5.41) is 6.81. The van der Waals surface area contributed by atoms with E-state index in [-0.39, 0.29) is 24.0 Å². The average molecular weight is 523 g/mol. The fourth-order valence-electron chi connectivity index (χ4n) is 3.52. The summed E-state index contributed by atoms with van der Waals surface area (Å²) in [4.78, 5) is 11.9. The lowest BCUT2D eigenvalue weighted by atomic mass is 10.1. The van der Waals surface area contributed by atoms with Crippen molar-refractivity contribution < 1.29 is 4.42 Å². The zero-order valence-electron chi connectivity index (χ0n) is 18.1. The lowest BCUT2D eigenvalue weighted by Crippen LogP contribution is -2.42. The Morgan fingerprint density at radius 2 is 1.93 bits per heavy atom. The largest absolute Gasteiger partial charge is 0.444 e. The normalized spacial score (nSPS) is 16.4. The van der Waals surface area contributed by atoms with Gasteiger partial charge in [-0.15, -0.1) is 24.0 Å². The maximum Gasteiger partial charge on any atom is 0.226 e. The molecular formula is C23H34IN5O. The first-order valence-corrected chi connectivity index (χ1v) is 11.0. The highest BCUT2D eigenvalue weighted by atomic mass is 127. The molecule has 0 radical (unpaired) electrons. The van der Waals surface area contributed by atoms with Crippen LogP contribution in [0.25, 0.3) is 11.5 Å². The van der Waals surface area contributed by atoms with Crippen LogP contribution in [0.5, 0.6) is 0 Å². The van der Waals surface area contributed by atoms with Crippen LogP contribution in [-0.2, 0) is 6.54 Å². The van der Waals surface area contributed by atoms with E-state index in [9.17, 15) is 0 Å². The van der Waals surface area contributed by atoms with Crippen molar-refractivity contribution in [1.82, 2.24) is 20.5 Å². The van der Waals surface area contributed by atoms with E-state index in [1.54, 1.807) is 6.26 Å². The summed E-state index contributed by atoms with van der Waals surface area (Å²) in [6, 6.07) is 9.03. The van der Waals surface area contributed by atoms with E-state index < -0.39 is 0 Å². The second kappa shape index (κ2) is 11.1. The Hall–Kier alpha value is -1.61. The van der Waals surface area contributed by atoms with Gasteiger partial charge in [-0.3, -0.25) is 4.90 Å². The molecule has 0 atom stereocenters. The van der Waals surface area contributed by atoms with Crippen LogP contribution < -0.4 is 10.6 Å². The minimum atomic E-state index is 0. The standard InChI is InChI=1S/C23H33N5O.HI/c1-3-24-23(25-12-13-28(21-10-11-21)15-18-6-7-18)26-14-20-16-29-22(27-20)19-8-4-17(2)5-9-19;/h4-5,8-9,16,18,21H,3,6-7,10-15H2,1-2H3,(H2,24,25,26);1H. The lowest BCUT2D eigenvalue weighted by molar-refractivity contribution is 0.256. The molecule has 2 aromatic rings. The quantitative estimate of drug-likeness (QED) is 0.278. The van der Waals surface area contributed by atoms with Crippen LogP contribution in [0.15, 0.2) is 39.9 Å². The first-order chi connectivity index (χ1) is 14.2. The number of halogens is 1. The number of aryl methyl sites for hydroxylation is 1. The minimum Gasteiger partial charge on any atom is -0.444 e. The molecule has 0 unspecified atom stereocenters. The van der Waals surface area contributed by atoms with Crippen LogP contribution in [0.1, 0.15) is 43.9 Å². The van der Waals surface area contributed by atoms with Crippen molar-refractivity contribution in [2.75, 3.05) is 26.2 Å². The molecule has 6 nitrogen and oxygen atoms in total. The Bertz CT molecular complexity index is 811. The molecular weight excluding hydrogens is 489 g/mol. The molecule has 0 aliphatic heterocycles. The van der Waals surface area contributed by atoms with Gasteiger partial charge in [-0.2, -0.15) is 0 Å². The summed E-state index contributed by atoms with van der Waals surface area (Å²) in [5.41, 5.74) is 3.06. The second-order valence-electron chi connectivity index (χ2n) is 8.30. The summed E-state index contributed by atoms with van der Waals surface area (Å²) < 4.78 is 5.64. The molecule has 0 saturated heterocycles. The summed E-state index contributed by atoms with van der Waals surface area (Å²) in [6.07, 6.45) is 7.28. The molecule has 2 aliphatic rings. The fourth-order valence-corrected chi connectivity index (χ4v) is 3.52. The van der Waals surface area contributed by atoms with Gasteiger partial charge in [-0.05, 0) is 57.6 Å². The molecule has 0 spiro atoms. The molecule has 0 bridgehead atoms. The summed E-state index contributed by atoms with van der Waals surface area (Å²) in [6.45, 7) is 8.79. The number of aliphatic imine (C=N–C) groups is 1. The van der Waals surface area contributed by atoms with Crippen LogP contribution >= 0.6 is 24.0 Å². The number of hydrogen-bond donors (Lipinski definition) is 2. The van der Waals surface area contributed by atoms with E-state index in [2.05, 4.69) is 51.5 Å². The molecule has 2 saturated carbocycles. The number of guanidine groups is 1. The Kier molecular flexibility index (Phi) is 8.56. The Balaban J connectivity index is 0.00000256. The van der Waals surface area contributed by atoms with Crippen LogP contribution in [0.2, 0.25) is 0 Å². The van der Waals surface area contributed by atoms with Crippen LogP contribution in [-0.4, -0.2) is 48.1 Å². The molecule has 1 heterocycles. The summed E-state index contributed by atoms with van der Waals surface area (Å²) >= 11 is 0. The first-order valence-electron chi connectivity index (χ1n) is 11.0. The molecule has 2 aliphatic carbocycles. The van der Waals surface area contributed by atoms with E-state index in [1.165, 1.54) is 37.8 Å². The van der Waals surface area contributed by atoms with Crippen molar-refractivity contribution in [3.63, 3.8) is 0 Å². The van der Waals surface area contributed by atoms with Crippen molar-refractivity contribution in [3.8, 4) is 11.5 Å². The number of hydrogen-bond acceptors (Lipinski definition) is 4. The number of nitrogens with one attached hydrogen (secondary N) is 2. The van der Waals surface area contributed by atoms with Gasteiger partial charge >= 0.3 is 0 Å². The Morgan fingerprint density at radius 1 is 1.17 bits per heavy atom. The van der Waals surface area contributed by atoms with Gasteiger partial charge in [0.25, 0.3) is 0 Å². The van der Waals surface area contributed by atoms with E-state index >= 15 is 0 Å². The number of nitrogens with zero attached hydrogens (tertiary/aromatic N) is 3. The predicted octanol–water partition coefficient (Wildman–Crippen LogP) is 4.20. The van der Waals surface area contributed by atoms with Gasteiger partial charge < -0.3 is 15.1 Å². The highest BCUT2D eigenvalue weighted by Gasteiger charge is 2.33. The summed E-state index contributed by atoms with van der Waals surface area (Å²) in [5.74, 6) is 2.44. The number of rotatable bonds is 10. The third-order valence-electron chi connectivity index (χ3n) is 5.54. The average Bonchev–Trinajstić information content (AvgIpc) is 3.65. The van der Waals surface area contributed by atoms with Crippen molar-refractivity contribution in [3.05, 3.63) is 41.8 Å². The van der Waals surface area contributed by atoms with Gasteiger partial charge in [0, 0.05) is 37.8 Å². The first kappa shape index (κ1) is 23.1. The summed E-state index contributed by atoms with van der Waals surface area (Å²) in [7, 11) is 0. The Morgan fingerprint density at radius 3 is 2.60 bits per heavy atom. The van der Waals surface area contributed by atoms with Crippen molar-refractivity contribution in [2.45, 2.75) is 52.1 Å². The van der Waals surface area contributed by atoms with Crippen LogP contribution in [0.3, 0.4) is 0 Å². The number of oxazole rings is 1. The molecule has 0 amide bonds. The third kappa shape index (κ3) is 6.97. The maximum atomic E-state index is 5.64. The highest BCUT2D eigenvalue weighted by Crippen LogP contribution is 2.34. The maximum absolute atomic E-state index is 5.64. The SMILES string of the molecule is CCNC(=NCc1coc(-c2ccc(C)cc2)n1)NCCN(CC1CC1)C1CC1.I. The molecule has 164 valence electrons. The molecule has 30 heavy (non-hydrogen) atoms. The lowest BCUT2D eigenvalue weighted by Gasteiger charge is -2.22. The Labute approximate surface area is 196 Å². The van der Waals surface area contributed by atoms with Crippen LogP contribution in [0.4, 0.5) is 0 Å². The third-order valence-corrected chi connectivity index (χ3v) is 5.54. The molecule has 2 fully saturated rings. The highest BCUT2D eigenvalue weighted by molar-refractivity contribution is 14.0. The van der Waals surface area contributed by atoms with Crippen molar-refractivity contribution in [1.29, 1.82) is 0 Å². The van der Waals surface area contributed by atoms with Gasteiger partial charge in [-0.25, -0.2) is 9.98 Å². The van der Waals surface area contributed by atoms with Crippen molar-refractivity contribution >= 4 is 29.9 Å². The smallest absolute Gasteiger partial charge is 0.226 e. The van der Waals surface area contributed by atoms with E-state index in [1.807, 2.05) is 12.1 Å². The van der Waals surface area contributed by atoms with E-state index in [0.717, 1.165) is 48.8 Å². The zero-order chi connectivity index (χ0) is 20.1. The van der Waals surface area contributed by atoms with Gasteiger partial charge in [-0.1, -0.05) is 17.7 Å². The molecule has 1 aromatic heterocycles. The van der Waals surface area contributed by atoms with Crippen molar-refractivity contribution in [2.24, 2.45) is 10.9 Å². The van der Waals surface area contributed by atoms with E-state index in [0.29, 0.717) is 12.4 Å². The fraction of sp³-hybridized carbons (Fsp3) is 0.565. The second-order valence-corrected chi connectivity index (χ2v) is 8.30. The molecule has 2 N–H and O–H groups in total. The molecule has 4 rings (SSSR count). The number of benzene rings is 1. The monoisotopic (exact) mass is 523 g/mol. The predicted molar refractivity (Wildman–Crippen MR) is 132 cm³/mol. The van der Waals surface area contributed by atoms with Gasteiger partial charge in [0.1, 0.15) is 12.0 Å².